The Morgan fingerprint density at radius 2 is 0.929 bits per heavy atom. The minimum atomic E-state index is -0.480. The monoisotopic (exact) mass is 1970 g/mol. The van der Waals surface area contributed by atoms with Crippen molar-refractivity contribution in [3.63, 3.8) is 0 Å². The number of methoxy groups -OCH3 is 4. The summed E-state index contributed by atoms with van der Waals surface area (Å²) in [5, 5.41) is 0. The lowest BCUT2D eigenvalue weighted by atomic mass is 9.93. The standard InChI is InChI=1S/C19H34O3.2C19H30O2.C19H32O.C17H28O3.C17H30O2.C15H24O3/c1-15(2)22-18(20)14-17(4)11-8-10-16(3)12-9-13-19(5,6)21-7;1-5-16(9-12-18-19(4,6-2)21-18)13-14-20-17-10-7-15(3)8-11-17;1-7-18(6)21-19(20)14-17(5)13-9-12-16(4)11-8-10-15(2)3;1-16(9-7-15-19(3,4)20-5)8-6-10-18-13-11-17(2)12-14-18;1-6-14(10-11-15-17(3,4)20-15)9-7-8-13(2)12-16(18)19-5;1-6-19-17(18)13-16(5)12-8-11-15(4)10-7-9-14(2)3;1-11(8-9-14-13(3)18-14)6-5-7-12(2)10-15(16)17-4/h8,11,14-16H,9-10,12-13H2,1-7H3;7-8,10-11,16,18H,5-6,9,12-14H2,1-4H3;1,9,13-16,18H,8,10-12H2,2-6H3;11-14,16H,6-10,15H2,1-5H3;9,12,15H,6-8,10-11H2,1-5H3;8,12-15H,6-7,9-11H2,1-5H3;6,10,13-14H,5,7-9H2,1-4H3/b11-8+,17-14+;;13-9+,17-14+;;13-12+,14-9+;12-8+,16-13+;11-6+,12-10+. The van der Waals surface area contributed by atoms with Crippen molar-refractivity contribution in [1.29, 1.82) is 0 Å². The normalized spacial score (nSPS) is 18.3. The fraction of sp³-hybridized carbons (Fsp3) is 0.688. The first kappa shape index (κ1) is 135. The molecule has 804 valence electrons. The molecule has 0 aromatic heterocycles. The summed E-state index contributed by atoms with van der Waals surface area (Å²) in [6.45, 7) is 66.7. The molecule has 0 saturated carbocycles. The van der Waals surface area contributed by atoms with Gasteiger partial charge >= 0.3 is 29.8 Å². The highest BCUT2D eigenvalue weighted by Crippen LogP contribution is 2.43. The molecular formula is C125H208O16. The number of epoxide rings is 3. The molecule has 3 fully saturated rings. The van der Waals surface area contributed by atoms with Crippen LogP contribution in [0, 0.1) is 67.6 Å². The van der Waals surface area contributed by atoms with Crippen LogP contribution in [0.2, 0.25) is 0 Å². The number of rotatable bonds is 61. The molecule has 0 radical (unpaired) electrons. The van der Waals surface area contributed by atoms with Crippen molar-refractivity contribution in [2.24, 2.45) is 41.4 Å². The number of esters is 5. The molecule has 5 rings (SSSR count). The van der Waals surface area contributed by atoms with E-state index in [0.29, 0.717) is 48.8 Å². The van der Waals surface area contributed by atoms with Crippen molar-refractivity contribution in [2.45, 2.75) is 479 Å². The van der Waals surface area contributed by atoms with Crippen LogP contribution in [-0.2, 0) is 77.8 Å². The third kappa shape index (κ3) is 78.4. The van der Waals surface area contributed by atoms with E-state index in [0.717, 1.165) is 167 Å². The highest BCUT2D eigenvalue weighted by Gasteiger charge is 2.50. The number of allylic oxidation sites excluding steroid dienone is 15. The second kappa shape index (κ2) is 78.7. The summed E-state index contributed by atoms with van der Waals surface area (Å²) in [6.07, 6.45) is 68.4. The van der Waals surface area contributed by atoms with Gasteiger partial charge in [0.15, 0.2) is 6.10 Å². The number of hydrogen-bond donors (Lipinski definition) is 0. The summed E-state index contributed by atoms with van der Waals surface area (Å²) in [5.74, 6) is 7.10. The highest BCUT2D eigenvalue weighted by molar-refractivity contribution is 5.85. The first-order valence-electron chi connectivity index (χ1n) is 54.2. The molecule has 3 aliphatic heterocycles. The van der Waals surface area contributed by atoms with Crippen LogP contribution in [0.3, 0.4) is 0 Å². The molecule has 0 N–H and O–H groups in total. The third-order valence-electron chi connectivity index (χ3n) is 26.4. The average Bonchev–Trinajstić information content (AvgIpc) is 1.65. The Bertz CT molecular complexity index is 4050. The number of terminal acetylenes is 1. The Balaban J connectivity index is 0. The van der Waals surface area contributed by atoms with Gasteiger partial charge in [-0.3, -0.25) is 0 Å². The average molecular weight is 1970 g/mol. The van der Waals surface area contributed by atoms with E-state index in [2.05, 4.69) is 247 Å². The fourth-order valence-corrected chi connectivity index (χ4v) is 15.5. The second-order valence-corrected chi connectivity index (χ2v) is 43.3. The first-order chi connectivity index (χ1) is 66.4. The van der Waals surface area contributed by atoms with E-state index in [1.54, 1.807) is 38.3 Å². The van der Waals surface area contributed by atoms with Gasteiger partial charge in [0.25, 0.3) is 0 Å². The largest absolute Gasteiger partial charge is 0.494 e. The van der Waals surface area contributed by atoms with Crippen LogP contribution in [0.1, 0.15) is 417 Å². The zero-order valence-electron chi connectivity index (χ0n) is 96.3. The molecule has 3 aliphatic rings. The fourth-order valence-electron chi connectivity index (χ4n) is 15.5. The predicted molar refractivity (Wildman–Crippen MR) is 595 cm³/mol. The van der Waals surface area contributed by atoms with Gasteiger partial charge in [0.2, 0.25) is 0 Å². The molecule has 0 amide bonds. The lowest BCUT2D eigenvalue weighted by Crippen LogP contribution is -2.22. The molecular weight excluding hydrogens is 1760 g/mol. The first-order valence-corrected chi connectivity index (χ1v) is 54.2. The number of benzene rings is 2. The van der Waals surface area contributed by atoms with Gasteiger partial charge in [0, 0.05) is 44.6 Å². The zero-order chi connectivity index (χ0) is 107. The van der Waals surface area contributed by atoms with E-state index < -0.39 is 6.10 Å². The molecule has 2 aromatic carbocycles. The van der Waals surface area contributed by atoms with Gasteiger partial charge in [0.1, 0.15) is 5.75 Å². The molecule has 16 nitrogen and oxygen atoms in total. The lowest BCUT2D eigenvalue weighted by Gasteiger charge is -2.23. The highest BCUT2D eigenvalue weighted by atomic mass is 16.6. The Hall–Kier alpha value is -7.65. The molecule has 0 bridgehead atoms. The van der Waals surface area contributed by atoms with Crippen molar-refractivity contribution < 1.29 is 76.1 Å². The quantitative estimate of drug-likeness (QED) is 0.0115. The van der Waals surface area contributed by atoms with Crippen LogP contribution in [-0.4, -0.2) is 131 Å². The molecule has 3 saturated heterocycles. The Morgan fingerprint density at radius 3 is 1.33 bits per heavy atom. The molecule has 16 heteroatoms. The summed E-state index contributed by atoms with van der Waals surface area (Å²) in [5.41, 5.74) is 12.2. The number of ether oxygens (including phenoxy) is 11. The molecule has 11 unspecified atom stereocenters. The van der Waals surface area contributed by atoms with Crippen molar-refractivity contribution in [2.75, 3.05) is 41.7 Å². The van der Waals surface area contributed by atoms with Crippen LogP contribution in [0.4, 0.5) is 0 Å². The van der Waals surface area contributed by atoms with E-state index in [1.807, 2.05) is 80.7 Å². The van der Waals surface area contributed by atoms with Gasteiger partial charge in [-0.05, 0) is 343 Å². The van der Waals surface area contributed by atoms with E-state index in [9.17, 15) is 24.0 Å². The molecule has 11 atom stereocenters. The number of aryl methyl sites for hydroxylation is 3. The maximum Gasteiger partial charge on any atom is 0.332 e. The summed E-state index contributed by atoms with van der Waals surface area (Å²) in [4.78, 5) is 56.3. The Labute approximate surface area is 864 Å². The van der Waals surface area contributed by atoms with E-state index in [1.165, 1.54) is 151 Å². The van der Waals surface area contributed by atoms with Crippen LogP contribution in [0.5, 0.6) is 5.75 Å². The Kier molecular flexibility index (Phi) is 75.6. The summed E-state index contributed by atoms with van der Waals surface area (Å²) >= 11 is 0. The molecule has 0 aliphatic carbocycles. The number of hydrogen-bond acceptors (Lipinski definition) is 16. The SMILES string of the molecule is C#CC(C)OC(=O)/C=C(C)/C=C/CC(C)CCCC(C)C.CC/C(=C\CC/C(C)=C/C(=O)OC)CCC1OC1(C)C.CCC(CCOc1ccc(C)cc1)CCC1OC1(C)CC.CCOC(=O)/C=C(C)/C=C/CC(C)CCCC(C)C.COC(=O)/C=C(\C)CC/C=C(\C)CCC1OC1C.COC(C)(C)CCCC(C)C/C=C/C(C)=C/C(=O)OC(C)C.COC(C)(C)CCCC(C)CCCc1ccc(C)cc1. The van der Waals surface area contributed by atoms with Crippen LogP contribution < -0.4 is 4.74 Å². The minimum Gasteiger partial charge on any atom is -0.494 e. The summed E-state index contributed by atoms with van der Waals surface area (Å²) in [6, 6.07) is 17.3. The number of carbonyl (C=O) groups is 5. The predicted octanol–water partition coefficient (Wildman–Crippen LogP) is 33.1. The van der Waals surface area contributed by atoms with Gasteiger partial charge in [-0.25, -0.2) is 24.0 Å². The maximum atomic E-state index is 11.5. The van der Waals surface area contributed by atoms with Crippen molar-refractivity contribution in [3.8, 4) is 18.1 Å². The van der Waals surface area contributed by atoms with E-state index in [-0.39, 0.29) is 58.4 Å². The Morgan fingerprint density at radius 1 is 0.489 bits per heavy atom. The second-order valence-electron chi connectivity index (χ2n) is 43.3. The van der Waals surface area contributed by atoms with Gasteiger partial charge in [-0.2, -0.15) is 0 Å². The molecule has 2 aromatic rings. The molecule has 141 heavy (non-hydrogen) atoms. The van der Waals surface area contributed by atoms with Crippen molar-refractivity contribution >= 4 is 29.8 Å². The van der Waals surface area contributed by atoms with Gasteiger partial charge in [-0.15, -0.1) is 6.42 Å². The maximum absolute atomic E-state index is 11.5. The molecule has 3 heterocycles. The smallest absolute Gasteiger partial charge is 0.332 e. The molecule has 0 spiro atoms. The van der Waals surface area contributed by atoms with Crippen LogP contribution in [0.15, 0.2) is 167 Å². The number of carbonyl (C=O) groups excluding carboxylic acids is 5. The van der Waals surface area contributed by atoms with Gasteiger partial charge in [0.05, 0.1) is 80.4 Å². The minimum absolute atomic E-state index is 0.0222. The zero-order valence-corrected chi connectivity index (χ0v) is 96.3. The van der Waals surface area contributed by atoms with Crippen LogP contribution >= 0.6 is 0 Å². The van der Waals surface area contributed by atoms with Crippen LogP contribution in [0.25, 0.3) is 0 Å². The summed E-state index contributed by atoms with van der Waals surface area (Å²) < 4.78 is 57.7. The lowest BCUT2D eigenvalue weighted by molar-refractivity contribution is -0.141. The van der Waals surface area contributed by atoms with Gasteiger partial charge in [-0.1, -0.05) is 278 Å². The van der Waals surface area contributed by atoms with Crippen molar-refractivity contribution in [1.82, 2.24) is 0 Å². The van der Waals surface area contributed by atoms with E-state index >= 15 is 0 Å². The topological polar surface area (TPSA) is 197 Å². The van der Waals surface area contributed by atoms with E-state index in [4.69, 9.17) is 49.1 Å². The van der Waals surface area contributed by atoms with Crippen molar-refractivity contribution in [3.05, 3.63) is 183 Å². The third-order valence-corrected chi connectivity index (χ3v) is 26.4. The summed E-state index contributed by atoms with van der Waals surface area (Å²) in [7, 11) is 6.39. The van der Waals surface area contributed by atoms with Gasteiger partial charge < -0.3 is 52.1 Å².